The van der Waals surface area contributed by atoms with Gasteiger partial charge in [-0.15, -0.1) is 0 Å². The number of nitrogens with one attached hydrogen (secondary N) is 1. The molecule has 0 amide bonds. The Labute approximate surface area is 165 Å². The minimum atomic E-state index is 0.557. The molecule has 5 heteroatoms. The third-order valence-corrected chi connectivity index (χ3v) is 5.17. The van der Waals surface area contributed by atoms with Crippen LogP contribution in [0.1, 0.15) is 29.4 Å². The largest absolute Gasteiger partial charge is 0.368 e. The summed E-state index contributed by atoms with van der Waals surface area (Å²) in [5.74, 6) is 1.70. The quantitative estimate of drug-likeness (QED) is 0.543. The van der Waals surface area contributed by atoms with Crippen molar-refractivity contribution >= 4 is 27.8 Å². The average Bonchev–Trinajstić information content (AvgIpc) is 3.00. The molecule has 0 aliphatic heterocycles. The lowest BCUT2D eigenvalue weighted by Crippen LogP contribution is -2.15. The van der Waals surface area contributed by atoms with Gasteiger partial charge in [0.15, 0.2) is 5.65 Å². The van der Waals surface area contributed by atoms with Crippen LogP contribution in [0.4, 0.5) is 5.82 Å². The van der Waals surface area contributed by atoms with E-state index in [4.69, 9.17) is 15.7 Å². The lowest BCUT2D eigenvalue weighted by atomic mass is 10.0. The number of aromatic nitrogens is 3. The van der Waals surface area contributed by atoms with Gasteiger partial charge in [0.2, 0.25) is 0 Å². The number of rotatable bonds is 5. The molecule has 5 nitrogen and oxygen atoms in total. The molecule has 0 aliphatic carbocycles. The van der Waals surface area contributed by atoms with Crippen LogP contribution < -0.4 is 11.1 Å². The summed E-state index contributed by atoms with van der Waals surface area (Å²) >= 11 is 0. The zero-order valence-corrected chi connectivity index (χ0v) is 17.0. The molecule has 0 saturated heterocycles. The van der Waals surface area contributed by atoms with E-state index in [1.54, 1.807) is 0 Å². The predicted octanol–water partition coefficient (Wildman–Crippen LogP) is 4.43. The Morgan fingerprint density at radius 1 is 1.04 bits per heavy atom. The van der Waals surface area contributed by atoms with Gasteiger partial charge in [-0.05, 0) is 38.0 Å². The summed E-state index contributed by atoms with van der Waals surface area (Å²) in [5, 5.41) is 5.63. The molecule has 28 heavy (non-hydrogen) atoms. The number of anilines is 1. The van der Waals surface area contributed by atoms with E-state index < -0.39 is 0 Å². The van der Waals surface area contributed by atoms with Gasteiger partial charge in [0.1, 0.15) is 11.6 Å². The summed E-state index contributed by atoms with van der Waals surface area (Å²) in [6, 6.07) is 12.9. The van der Waals surface area contributed by atoms with Crippen molar-refractivity contribution in [1.29, 1.82) is 0 Å². The normalized spacial score (nSPS) is 11.5. The second kappa shape index (κ2) is 7.24. The maximum absolute atomic E-state index is 5.74. The van der Waals surface area contributed by atoms with E-state index in [1.165, 1.54) is 22.4 Å². The third kappa shape index (κ3) is 2.92. The third-order valence-electron chi connectivity index (χ3n) is 5.17. The molecular weight excluding hydrogens is 346 g/mol. The van der Waals surface area contributed by atoms with Gasteiger partial charge in [-0.2, -0.15) is 0 Å². The molecule has 2 heterocycles. The van der Waals surface area contributed by atoms with Crippen LogP contribution in [-0.4, -0.2) is 27.6 Å². The van der Waals surface area contributed by atoms with E-state index in [-0.39, 0.29) is 0 Å². The molecular formula is C23H27N5. The van der Waals surface area contributed by atoms with Crippen LogP contribution in [0.15, 0.2) is 36.4 Å². The molecule has 4 rings (SSSR count). The molecule has 0 bridgehead atoms. The zero-order chi connectivity index (χ0) is 19.8. The Hall–Kier alpha value is -2.92. The summed E-state index contributed by atoms with van der Waals surface area (Å²) in [6.07, 6.45) is 0.778. The van der Waals surface area contributed by atoms with Crippen LogP contribution in [0.3, 0.4) is 0 Å². The molecule has 0 fully saturated rings. The highest BCUT2D eigenvalue weighted by molar-refractivity contribution is 6.13. The van der Waals surface area contributed by atoms with Crippen LogP contribution in [0.2, 0.25) is 0 Å². The van der Waals surface area contributed by atoms with Gasteiger partial charge in [0.05, 0.1) is 16.6 Å². The van der Waals surface area contributed by atoms with Gasteiger partial charge in [0, 0.05) is 24.9 Å². The molecule has 0 saturated carbocycles. The van der Waals surface area contributed by atoms with Gasteiger partial charge in [-0.25, -0.2) is 9.97 Å². The van der Waals surface area contributed by atoms with Crippen LogP contribution in [-0.2, 0) is 6.42 Å². The molecule has 0 atom stereocenters. The summed E-state index contributed by atoms with van der Waals surface area (Å²) in [5.41, 5.74) is 12.8. The van der Waals surface area contributed by atoms with Crippen molar-refractivity contribution in [2.45, 2.75) is 34.1 Å². The number of fused-ring (bicyclic) bond motifs is 3. The molecule has 0 aliphatic rings. The fourth-order valence-electron chi connectivity index (χ4n) is 4.13. The van der Waals surface area contributed by atoms with Crippen molar-refractivity contribution in [3.05, 3.63) is 58.9 Å². The predicted molar refractivity (Wildman–Crippen MR) is 118 cm³/mol. The lowest BCUT2D eigenvalue weighted by molar-refractivity contribution is 0.933. The Balaban J connectivity index is 2.17. The summed E-state index contributed by atoms with van der Waals surface area (Å²) in [7, 11) is 0. The van der Waals surface area contributed by atoms with Gasteiger partial charge >= 0.3 is 0 Å². The van der Waals surface area contributed by atoms with Crippen LogP contribution >= 0.6 is 0 Å². The van der Waals surface area contributed by atoms with Crippen molar-refractivity contribution in [2.24, 2.45) is 5.73 Å². The monoisotopic (exact) mass is 373 g/mol. The molecule has 3 N–H and O–H groups in total. The number of para-hydroxylation sites is 1. The minimum Gasteiger partial charge on any atom is -0.368 e. The highest BCUT2D eigenvalue weighted by atomic mass is 15.1. The van der Waals surface area contributed by atoms with Crippen molar-refractivity contribution in [3.8, 4) is 5.69 Å². The summed E-state index contributed by atoms with van der Waals surface area (Å²) in [4.78, 5) is 9.74. The fraction of sp³-hybridized carbons (Fsp3) is 0.304. The maximum Gasteiger partial charge on any atom is 0.151 e. The first kappa shape index (κ1) is 18.4. The first-order valence-corrected chi connectivity index (χ1v) is 9.87. The standard InChI is InChI=1S/C23H27N5/c1-5-19-26-22(25-11-10-24)20-17-8-6-7-9-18(17)28(23(20)27-19)21-15(3)12-14(2)13-16(21)4/h6-9,12-13H,5,10-11,24H2,1-4H3,(H,25,26,27). The van der Waals surface area contributed by atoms with E-state index in [0.29, 0.717) is 13.1 Å². The Morgan fingerprint density at radius 3 is 2.43 bits per heavy atom. The number of hydrogen-bond acceptors (Lipinski definition) is 4. The van der Waals surface area contributed by atoms with Gasteiger partial charge < -0.3 is 11.1 Å². The Morgan fingerprint density at radius 2 is 1.75 bits per heavy atom. The van der Waals surface area contributed by atoms with Gasteiger partial charge in [-0.1, -0.05) is 42.8 Å². The molecule has 0 spiro atoms. The van der Waals surface area contributed by atoms with Crippen LogP contribution in [0, 0.1) is 20.8 Å². The number of aryl methyl sites for hydroxylation is 4. The van der Waals surface area contributed by atoms with Crippen molar-refractivity contribution in [3.63, 3.8) is 0 Å². The molecule has 2 aromatic carbocycles. The second-order valence-corrected chi connectivity index (χ2v) is 7.36. The Kier molecular flexibility index (Phi) is 4.77. The number of nitrogens with zero attached hydrogens (tertiary/aromatic N) is 3. The lowest BCUT2D eigenvalue weighted by Gasteiger charge is -2.15. The van der Waals surface area contributed by atoms with Crippen molar-refractivity contribution in [2.75, 3.05) is 18.4 Å². The molecule has 4 aromatic rings. The maximum atomic E-state index is 5.74. The number of hydrogen-bond donors (Lipinski definition) is 2. The van der Waals surface area contributed by atoms with E-state index in [2.05, 4.69) is 74.0 Å². The smallest absolute Gasteiger partial charge is 0.151 e. The van der Waals surface area contributed by atoms with E-state index in [0.717, 1.165) is 40.0 Å². The van der Waals surface area contributed by atoms with Crippen molar-refractivity contribution in [1.82, 2.24) is 14.5 Å². The van der Waals surface area contributed by atoms with Crippen LogP contribution in [0.25, 0.3) is 27.6 Å². The topological polar surface area (TPSA) is 68.8 Å². The van der Waals surface area contributed by atoms with Crippen LogP contribution in [0.5, 0.6) is 0 Å². The number of nitrogens with two attached hydrogens (primary N) is 1. The summed E-state index contributed by atoms with van der Waals surface area (Å²) < 4.78 is 2.29. The van der Waals surface area contributed by atoms with Gasteiger partial charge in [-0.3, -0.25) is 4.57 Å². The van der Waals surface area contributed by atoms with Gasteiger partial charge in [0.25, 0.3) is 0 Å². The molecule has 144 valence electrons. The molecule has 0 unspecified atom stereocenters. The summed E-state index contributed by atoms with van der Waals surface area (Å²) in [6.45, 7) is 9.81. The highest BCUT2D eigenvalue weighted by Crippen LogP contribution is 2.36. The highest BCUT2D eigenvalue weighted by Gasteiger charge is 2.20. The average molecular weight is 374 g/mol. The number of benzene rings is 2. The van der Waals surface area contributed by atoms with E-state index in [9.17, 15) is 0 Å². The zero-order valence-electron chi connectivity index (χ0n) is 17.0. The second-order valence-electron chi connectivity index (χ2n) is 7.36. The molecule has 0 radical (unpaired) electrons. The van der Waals surface area contributed by atoms with Crippen molar-refractivity contribution < 1.29 is 0 Å². The minimum absolute atomic E-state index is 0.557. The first-order chi connectivity index (χ1) is 13.5. The van der Waals surface area contributed by atoms with E-state index in [1.807, 2.05) is 0 Å². The van der Waals surface area contributed by atoms with E-state index >= 15 is 0 Å². The SMILES string of the molecule is CCc1nc(NCCN)c2c3ccccc3n(-c3c(C)cc(C)cc3C)c2n1. The first-order valence-electron chi connectivity index (χ1n) is 9.87. The Bertz CT molecular complexity index is 1150. The molecule has 2 aromatic heterocycles. The fourth-order valence-corrected chi connectivity index (χ4v) is 4.13.